The SMILES string of the molecule is Cn1c(-c2[c-]c3c(cc2)c2ccccc2n3-c2[c-]c(-c3ccc(-c4cccs4)cn3)ccc2)nc2ccccc21.Cn1c(-c2[c-]c3c(cc2)c2ccccc2n3-c2[c-]c(-c3cccc(-c4cccs4)n3)ccc2)nc2ccccc21.Cn1c(-c2[c-]c3c(cc2-c2cccs2)c2cc(-c4cccs4)ccc2n3-c2[c-]c(-c3ccccn3)ccc2)nc2ccccc21.[Pt+2].[Pt+2].[Pt+2]. The fourth-order valence-corrected chi connectivity index (χ4v) is 20.2. The average molecular weight is 2260 g/mol. The fraction of sp³-hybridized carbons (Fsp3) is 0.0275. The molecule has 0 aliphatic heterocycles. The van der Waals surface area contributed by atoms with Gasteiger partial charge in [-0.15, -0.1) is 183 Å². The molecule has 0 aliphatic carbocycles. The van der Waals surface area contributed by atoms with Crippen LogP contribution in [0.25, 0.3) is 225 Å². The topological polar surface area (TPSA) is 107 Å². The van der Waals surface area contributed by atoms with Crippen LogP contribution in [-0.4, -0.2) is 57.3 Å². The van der Waals surface area contributed by atoms with Crippen molar-refractivity contribution in [2.75, 3.05) is 0 Å². The molecular weight excluding hydrogens is 2190 g/mol. The zero-order valence-corrected chi connectivity index (χ0v) is 78.6. The Labute approximate surface area is 796 Å². The van der Waals surface area contributed by atoms with Crippen molar-refractivity contribution >= 4 is 144 Å². The molecule has 19 heteroatoms. The summed E-state index contributed by atoms with van der Waals surface area (Å²) in [6.07, 6.45) is 3.77. The molecule has 0 amide bonds. The Hall–Kier alpha value is -13.2. The van der Waals surface area contributed by atoms with E-state index in [2.05, 4.69) is 384 Å². The van der Waals surface area contributed by atoms with Gasteiger partial charge in [-0.2, -0.15) is 11.3 Å². The average Bonchev–Trinajstić information content (AvgIpc) is 1.58. The number of rotatable bonds is 13. The molecule has 25 rings (SSSR count). The van der Waals surface area contributed by atoms with Gasteiger partial charge in [0, 0.05) is 65.4 Å². The van der Waals surface area contributed by atoms with Gasteiger partial charge in [-0.05, 0) is 184 Å². The molecule has 0 saturated carbocycles. The normalized spacial score (nSPS) is 11.4. The Morgan fingerprint density at radius 1 is 0.258 bits per heavy atom. The smallest absolute Gasteiger partial charge is 0.367 e. The molecule has 0 spiro atoms. The second kappa shape index (κ2) is 35.2. The summed E-state index contributed by atoms with van der Waals surface area (Å²) in [7, 11) is 6.22. The molecule has 12 aromatic carbocycles. The van der Waals surface area contributed by atoms with Gasteiger partial charge in [-0.1, -0.05) is 179 Å². The van der Waals surface area contributed by atoms with E-state index in [0.717, 1.165) is 189 Å². The van der Waals surface area contributed by atoms with Gasteiger partial charge in [0.15, 0.2) is 0 Å². The Balaban J connectivity index is 0.000000119. The van der Waals surface area contributed by atoms with Crippen molar-refractivity contribution in [2.24, 2.45) is 21.1 Å². The van der Waals surface area contributed by atoms with Gasteiger partial charge in [0.25, 0.3) is 0 Å². The molecule has 13 heterocycles. The summed E-state index contributed by atoms with van der Waals surface area (Å²) in [5.41, 5.74) is 28.3. The molecule has 0 aliphatic rings. The number of nitrogens with zero attached hydrogens (tertiary/aromatic N) is 12. The van der Waals surface area contributed by atoms with Crippen LogP contribution in [0.1, 0.15) is 0 Å². The number of para-hydroxylation sites is 8. The van der Waals surface area contributed by atoms with Gasteiger partial charge in [-0.25, -0.2) is 0 Å². The molecule has 12 nitrogen and oxygen atoms in total. The van der Waals surface area contributed by atoms with Crippen LogP contribution in [0.4, 0.5) is 0 Å². The second-order valence-corrected chi connectivity index (χ2v) is 34.4. The largest absolute Gasteiger partial charge is 2.00 e. The fourth-order valence-electron chi connectivity index (χ4n) is 17.3. The van der Waals surface area contributed by atoms with E-state index in [-0.39, 0.29) is 63.2 Å². The first-order chi connectivity index (χ1) is 61.7. The van der Waals surface area contributed by atoms with E-state index in [1.807, 2.05) is 60.9 Å². The predicted octanol–water partition coefficient (Wildman–Crippen LogP) is 27.9. The van der Waals surface area contributed by atoms with Crippen molar-refractivity contribution in [1.29, 1.82) is 0 Å². The summed E-state index contributed by atoms with van der Waals surface area (Å²) in [5.74, 6) is 2.68. The summed E-state index contributed by atoms with van der Waals surface area (Å²) in [6, 6.07) is 134. The van der Waals surface area contributed by atoms with Crippen LogP contribution >= 0.6 is 45.3 Å². The van der Waals surface area contributed by atoms with Crippen molar-refractivity contribution < 1.29 is 63.2 Å². The first kappa shape index (κ1) is 83.0. The first-order valence-electron chi connectivity index (χ1n) is 41.0. The Morgan fingerprint density at radius 3 is 1.18 bits per heavy atom. The minimum absolute atomic E-state index is 0. The summed E-state index contributed by atoms with van der Waals surface area (Å²) < 4.78 is 13.3. The summed E-state index contributed by atoms with van der Waals surface area (Å²) in [4.78, 5) is 34.2. The van der Waals surface area contributed by atoms with Gasteiger partial charge in [-0.3, -0.25) is 19.9 Å². The number of hydrogen-bond acceptors (Lipinski definition) is 10. The number of imidazole rings is 3. The van der Waals surface area contributed by atoms with Crippen LogP contribution in [0.5, 0.6) is 0 Å². The standard InChI is InChI=1S/C39H24N4S2.2C35H22N4S.3Pt/c1-42-35-13-3-2-12-33(35)41-39(42)31-24-36-29(23-30(31)38-15-8-20-45-38)28-22-26(37-14-7-19-44-37)16-17-34(28)43(36)27-10-6-9-25(21-27)32-11-4-5-18-40-32;1-38-32-16-5-3-12-29(32)37-35(38)24-18-19-27-26-11-2-4-15-31(26)39(33(27)22-24)25-10-6-9-23(21-25)28-13-7-14-30(36-28)34-17-8-20-40-34;1-38-32-13-5-3-11-30(32)37-35(38)24-15-17-28-27-10-2-4-12-31(27)39(33(28)21-24)26-9-6-8-23(20-26)29-18-16-25(22-36-29)34-14-7-19-40-34;;;/h2-20,22-23H,1H3;2-20H,1H3;2-19,22H,1H3;;;/q3*-2;3*+2. The molecule has 128 heavy (non-hydrogen) atoms. The monoisotopic (exact) mass is 2260 g/mol. The van der Waals surface area contributed by atoms with Crippen LogP contribution in [-0.2, 0) is 84.3 Å². The van der Waals surface area contributed by atoms with Gasteiger partial charge in [0.1, 0.15) is 0 Å². The Bertz CT molecular complexity index is 8410. The van der Waals surface area contributed by atoms with Gasteiger partial charge < -0.3 is 37.4 Å². The predicted molar refractivity (Wildman–Crippen MR) is 517 cm³/mol. The van der Waals surface area contributed by atoms with Gasteiger partial charge in [0.05, 0.1) is 61.1 Å². The molecule has 0 N–H and O–H groups in total. The maximum absolute atomic E-state index is 5.13. The molecule has 0 saturated heterocycles. The molecule has 0 bridgehead atoms. The minimum Gasteiger partial charge on any atom is -0.367 e. The Kier molecular flexibility index (Phi) is 22.8. The summed E-state index contributed by atoms with van der Waals surface area (Å²) >= 11 is 6.92. The molecule has 13 aromatic heterocycles. The number of pyridine rings is 3. The van der Waals surface area contributed by atoms with Crippen molar-refractivity contribution in [3.8, 4) is 127 Å². The van der Waals surface area contributed by atoms with Crippen LogP contribution in [0.15, 0.2) is 355 Å². The molecule has 0 radical (unpaired) electrons. The molecule has 618 valence electrons. The van der Waals surface area contributed by atoms with Gasteiger partial charge >= 0.3 is 63.2 Å². The molecule has 0 atom stereocenters. The first-order valence-corrected chi connectivity index (χ1v) is 44.5. The number of thiophene rings is 4. The number of aryl methyl sites for hydroxylation is 3. The van der Waals surface area contributed by atoms with E-state index in [4.69, 9.17) is 24.9 Å². The molecule has 0 unspecified atom stereocenters. The van der Waals surface area contributed by atoms with Crippen LogP contribution in [0.2, 0.25) is 0 Å². The molecular formula is C109H68N12Pt3S4. The maximum Gasteiger partial charge on any atom is 2.00 e. The molecule has 0 fully saturated rings. The number of fused-ring (bicyclic) bond motifs is 12. The molecule has 25 aromatic rings. The van der Waals surface area contributed by atoms with Crippen molar-refractivity contribution in [3.63, 3.8) is 0 Å². The van der Waals surface area contributed by atoms with Crippen molar-refractivity contribution in [2.45, 2.75) is 0 Å². The summed E-state index contributed by atoms with van der Waals surface area (Å²) in [6.45, 7) is 0. The quantitative estimate of drug-likeness (QED) is 0.106. The van der Waals surface area contributed by atoms with Crippen LogP contribution < -0.4 is 0 Å². The third kappa shape index (κ3) is 15.0. The van der Waals surface area contributed by atoms with E-state index in [0.29, 0.717) is 0 Å². The van der Waals surface area contributed by atoms with E-state index >= 15 is 0 Å². The maximum atomic E-state index is 5.13. The summed E-state index contributed by atoms with van der Waals surface area (Å²) in [5, 5.41) is 15.4. The number of aromatic nitrogens is 12. The van der Waals surface area contributed by atoms with E-state index in [9.17, 15) is 0 Å². The number of hydrogen-bond donors (Lipinski definition) is 0. The number of benzene rings is 12. The zero-order chi connectivity index (χ0) is 83.2. The third-order valence-corrected chi connectivity index (χ3v) is 26.9. The zero-order valence-electron chi connectivity index (χ0n) is 68.5. The van der Waals surface area contributed by atoms with Crippen molar-refractivity contribution in [1.82, 2.24) is 57.3 Å². The van der Waals surface area contributed by atoms with Crippen LogP contribution in [0, 0.1) is 36.4 Å². The van der Waals surface area contributed by atoms with Gasteiger partial charge in [0.2, 0.25) is 0 Å². The Morgan fingerprint density at radius 2 is 0.680 bits per heavy atom. The second-order valence-electron chi connectivity index (χ2n) is 30.6. The van der Waals surface area contributed by atoms with Crippen LogP contribution in [0.3, 0.4) is 0 Å². The minimum atomic E-state index is 0. The third-order valence-electron chi connectivity index (χ3n) is 23.3. The van der Waals surface area contributed by atoms with E-state index in [1.54, 1.807) is 45.3 Å². The van der Waals surface area contributed by atoms with E-state index < -0.39 is 0 Å². The van der Waals surface area contributed by atoms with E-state index in [1.165, 1.54) is 36.4 Å². The van der Waals surface area contributed by atoms with Crippen molar-refractivity contribution in [3.05, 3.63) is 392 Å².